The summed E-state index contributed by atoms with van der Waals surface area (Å²) in [7, 11) is 0. The molecule has 4 N–H and O–H groups in total. The Balaban J connectivity index is 2.41. The van der Waals surface area contributed by atoms with E-state index >= 15 is 0 Å². The number of benzene rings is 1. The minimum atomic E-state index is -0.926. The Morgan fingerprint density at radius 2 is 1.96 bits per heavy atom. The standard InChI is InChI=1S/C18H25N3O4/c1-3-11-20-13(2)18(24)21-15(17(19)23)9-10-16(22)25-12-14-7-5-4-6-8-14/h3-8,13,15,20H,1,9-12H2,2H3,(H2,19,23)(H,21,24)/t13-,15+/m0/s1. The highest BCUT2D eigenvalue weighted by Gasteiger charge is 2.22. The van der Waals surface area contributed by atoms with Gasteiger partial charge in [-0.3, -0.25) is 14.4 Å². The summed E-state index contributed by atoms with van der Waals surface area (Å²) >= 11 is 0. The highest BCUT2D eigenvalue weighted by molar-refractivity contribution is 5.89. The number of carbonyl (C=O) groups is 3. The molecule has 1 aromatic rings. The Labute approximate surface area is 147 Å². The third-order valence-corrected chi connectivity index (χ3v) is 3.50. The van der Waals surface area contributed by atoms with Crippen molar-refractivity contribution in [1.29, 1.82) is 0 Å². The smallest absolute Gasteiger partial charge is 0.306 e. The maximum Gasteiger partial charge on any atom is 0.306 e. The van der Waals surface area contributed by atoms with Crippen LogP contribution in [0.5, 0.6) is 0 Å². The normalized spacial score (nSPS) is 12.7. The number of amides is 2. The van der Waals surface area contributed by atoms with Crippen LogP contribution < -0.4 is 16.4 Å². The summed E-state index contributed by atoms with van der Waals surface area (Å²) < 4.78 is 5.14. The van der Waals surface area contributed by atoms with Gasteiger partial charge in [-0.05, 0) is 18.9 Å². The van der Waals surface area contributed by atoms with Crippen LogP contribution in [0.3, 0.4) is 0 Å². The molecular weight excluding hydrogens is 322 g/mol. The maximum atomic E-state index is 12.0. The van der Waals surface area contributed by atoms with E-state index < -0.39 is 24.0 Å². The van der Waals surface area contributed by atoms with Crippen molar-refractivity contribution in [3.05, 3.63) is 48.6 Å². The van der Waals surface area contributed by atoms with Gasteiger partial charge in [-0.1, -0.05) is 36.4 Å². The molecule has 0 aromatic heterocycles. The zero-order valence-corrected chi connectivity index (χ0v) is 14.4. The summed E-state index contributed by atoms with van der Waals surface area (Å²) in [5, 5.41) is 5.44. The second-order valence-corrected chi connectivity index (χ2v) is 5.57. The lowest BCUT2D eigenvalue weighted by molar-refractivity contribution is -0.145. The molecule has 0 radical (unpaired) electrons. The largest absolute Gasteiger partial charge is 0.461 e. The Morgan fingerprint density at radius 1 is 1.28 bits per heavy atom. The van der Waals surface area contributed by atoms with Crippen molar-refractivity contribution >= 4 is 17.8 Å². The Kier molecular flexibility index (Phi) is 8.95. The first kappa shape index (κ1) is 20.4. The first-order valence-electron chi connectivity index (χ1n) is 8.07. The monoisotopic (exact) mass is 347 g/mol. The van der Waals surface area contributed by atoms with E-state index in [4.69, 9.17) is 10.5 Å². The van der Waals surface area contributed by atoms with E-state index in [2.05, 4.69) is 17.2 Å². The van der Waals surface area contributed by atoms with E-state index in [1.807, 2.05) is 30.3 Å². The fourth-order valence-electron chi connectivity index (χ4n) is 2.01. The predicted octanol–water partition coefficient (Wildman–Crippen LogP) is 0.644. The second-order valence-electron chi connectivity index (χ2n) is 5.57. The average molecular weight is 347 g/mol. The molecule has 7 nitrogen and oxygen atoms in total. The van der Waals surface area contributed by atoms with Crippen molar-refractivity contribution in [2.24, 2.45) is 5.73 Å². The van der Waals surface area contributed by atoms with Gasteiger partial charge in [0.15, 0.2) is 0 Å². The van der Waals surface area contributed by atoms with Crippen LogP contribution in [0.2, 0.25) is 0 Å². The van der Waals surface area contributed by atoms with Crippen LogP contribution in [0.1, 0.15) is 25.3 Å². The zero-order valence-electron chi connectivity index (χ0n) is 14.4. The van der Waals surface area contributed by atoms with Gasteiger partial charge in [0.25, 0.3) is 0 Å². The minimum Gasteiger partial charge on any atom is -0.461 e. The summed E-state index contributed by atoms with van der Waals surface area (Å²) in [4.78, 5) is 35.3. The van der Waals surface area contributed by atoms with E-state index in [-0.39, 0.29) is 25.4 Å². The topological polar surface area (TPSA) is 111 Å². The number of esters is 1. The second kappa shape index (κ2) is 11.0. The lowest BCUT2D eigenvalue weighted by atomic mass is 10.1. The predicted molar refractivity (Wildman–Crippen MR) is 94.3 cm³/mol. The van der Waals surface area contributed by atoms with E-state index in [0.717, 1.165) is 5.56 Å². The highest BCUT2D eigenvalue weighted by atomic mass is 16.5. The SMILES string of the molecule is C=CCN[C@@H](C)C(=O)N[C@H](CCC(=O)OCc1ccccc1)C(N)=O. The Bertz CT molecular complexity index is 589. The first-order chi connectivity index (χ1) is 11.9. The fourth-order valence-corrected chi connectivity index (χ4v) is 2.01. The number of nitrogens with two attached hydrogens (primary N) is 1. The van der Waals surface area contributed by atoms with Gasteiger partial charge in [0.05, 0.1) is 6.04 Å². The Morgan fingerprint density at radius 3 is 2.56 bits per heavy atom. The zero-order chi connectivity index (χ0) is 18.7. The van der Waals surface area contributed by atoms with Crippen molar-refractivity contribution in [3.63, 3.8) is 0 Å². The van der Waals surface area contributed by atoms with Gasteiger partial charge in [-0.25, -0.2) is 0 Å². The van der Waals surface area contributed by atoms with Crippen LogP contribution >= 0.6 is 0 Å². The van der Waals surface area contributed by atoms with Crippen LogP contribution in [0.15, 0.2) is 43.0 Å². The number of primary amides is 1. The van der Waals surface area contributed by atoms with Crippen molar-refractivity contribution in [1.82, 2.24) is 10.6 Å². The number of ether oxygens (including phenoxy) is 1. The van der Waals surface area contributed by atoms with Gasteiger partial charge in [-0.2, -0.15) is 0 Å². The first-order valence-corrected chi connectivity index (χ1v) is 8.07. The molecule has 0 spiro atoms. The van der Waals surface area contributed by atoms with E-state index in [1.165, 1.54) is 0 Å². The lowest BCUT2D eigenvalue weighted by Crippen LogP contribution is -2.51. The van der Waals surface area contributed by atoms with Crippen LogP contribution in [-0.2, 0) is 25.7 Å². The molecule has 25 heavy (non-hydrogen) atoms. The number of rotatable bonds is 11. The quantitative estimate of drug-likeness (QED) is 0.402. The molecule has 2 atom stereocenters. The van der Waals surface area contributed by atoms with E-state index in [1.54, 1.807) is 13.0 Å². The number of hydrogen-bond acceptors (Lipinski definition) is 5. The maximum absolute atomic E-state index is 12.0. The molecule has 0 aliphatic heterocycles. The van der Waals surface area contributed by atoms with Crippen LogP contribution in [0.4, 0.5) is 0 Å². The van der Waals surface area contributed by atoms with E-state index in [9.17, 15) is 14.4 Å². The molecule has 0 heterocycles. The molecule has 0 aliphatic carbocycles. The number of hydrogen-bond donors (Lipinski definition) is 3. The van der Waals surface area contributed by atoms with Crippen molar-refractivity contribution in [3.8, 4) is 0 Å². The molecule has 1 aromatic carbocycles. The molecule has 7 heteroatoms. The van der Waals surface area contributed by atoms with Gasteiger partial charge in [-0.15, -0.1) is 6.58 Å². The molecule has 0 unspecified atom stereocenters. The summed E-state index contributed by atoms with van der Waals surface area (Å²) in [6.45, 7) is 5.83. The van der Waals surface area contributed by atoms with Gasteiger partial charge in [0, 0.05) is 13.0 Å². The van der Waals surface area contributed by atoms with Crippen molar-refractivity contribution < 1.29 is 19.1 Å². The van der Waals surface area contributed by atoms with Crippen molar-refractivity contribution in [2.45, 2.75) is 38.5 Å². The number of carbonyl (C=O) groups excluding carboxylic acids is 3. The molecule has 0 bridgehead atoms. The van der Waals surface area contributed by atoms with Crippen LogP contribution in [-0.4, -0.2) is 36.4 Å². The molecule has 0 aliphatic rings. The molecule has 136 valence electrons. The fraction of sp³-hybridized carbons (Fsp3) is 0.389. The van der Waals surface area contributed by atoms with E-state index in [0.29, 0.717) is 6.54 Å². The Hall–Kier alpha value is -2.67. The molecule has 0 fully saturated rings. The van der Waals surface area contributed by atoms with Gasteiger partial charge < -0.3 is 21.1 Å². The minimum absolute atomic E-state index is 0.0187. The molecule has 1 rings (SSSR count). The molecule has 0 saturated carbocycles. The van der Waals surface area contributed by atoms with Gasteiger partial charge in [0.1, 0.15) is 12.6 Å². The summed E-state index contributed by atoms with van der Waals surface area (Å²) in [6.07, 6.45) is 1.69. The average Bonchev–Trinajstić information content (AvgIpc) is 2.61. The molecule has 0 saturated heterocycles. The molecular formula is C18H25N3O4. The summed E-state index contributed by atoms with van der Waals surface area (Å²) in [5.74, 6) is -1.52. The lowest BCUT2D eigenvalue weighted by Gasteiger charge is -2.18. The third kappa shape index (κ3) is 8.12. The van der Waals surface area contributed by atoms with Crippen molar-refractivity contribution in [2.75, 3.05) is 6.54 Å². The van der Waals surface area contributed by atoms with Crippen LogP contribution in [0, 0.1) is 0 Å². The molecule has 2 amide bonds. The highest BCUT2D eigenvalue weighted by Crippen LogP contribution is 2.04. The summed E-state index contributed by atoms with van der Waals surface area (Å²) in [5.41, 5.74) is 6.17. The van der Waals surface area contributed by atoms with Gasteiger partial charge >= 0.3 is 5.97 Å². The van der Waals surface area contributed by atoms with Crippen LogP contribution in [0.25, 0.3) is 0 Å². The van der Waals surface area contributed by atoms with Gasteiger partial charge in [0.2, 0.25) is 11.8 Å². The summed E-state index contributed by atoms with van der Waals surface area (Å²) in [6, 6.07) is 7.83. The third-order valence-electron chi connectivity index (χ3n) is 3.50. The number of nitrogens with one attached hydrogen (secondary N) is 2.